The molecule has 4 aliphatic carbocycles. The molecule has 0 aromatic carbocycles. The second-order valence-corrected chi connectivity index (χ2v) is 11.1. The first-order chi connectivity index (χ1) is 11.5. The zero-order valence-corrected chi connectivity index (χ0v) is 16.9. The Morgan fingerprint density at radius 3 is 2.04 bits per heavy atom. The van der Waals surface area contributed by atoms with Crippen molar-refractivity contribution >= 4 is 0 Å². The number of fused-ring (bicyclic) bond motifs is 3. The molecule has 0 aliphatic heterocycles. The summed E-state index contributed by atoms with van der Waals surface area (Å²) in [5.74, 6) is 6.36. The Morgan fingerprint density at radius 1 is 0.708 bits per heavy atom. The largest absolute Gasteiger partial charge is 0.0620 e. The van der Waals surface area contributed by atoms with E-state index in [2.05, 4.69) is 27.7 Å². The van der Waals surface area contributed by atoms with Crippen molar-refractivity contribution in [3.05, 3.63) is 0 Å². The van der Waals surface area contributed by atoms with Crippen molar-refractivity contribution in [2.75, 3.05) is 0 Å². The average Bonchev–Trinajstić information content (AvgIpc) is 2.89. The third-order valence-electron chi connectivity index (χ3n) is 10.2. The van der Waals surface area contributed by atoms with E-state index in [9.17, 15) is 0 Å². The summed E-state index contributed by atoms with van der Waals surface area (Å²) in [5, 5.41) is 0. The van der Waals surface area contributed by atoms with Crippen LogP contribution in [0.2, 0.25) is 0 Å². The smallest absolute Gasteiger partial charge is 0.0269 e. The fourth-order valence-electron chi connectivity index (χ4n) is 8.39. The minimum Gasteiger partial charge on any atom is -0.0620 e. The summed E-state index contributed by atoms with van der Waals surface area (Å²) in [4.78, 5) is 0. The predicted molar refractivity (Wildman–Crippen MR) is 104 cm³/mol. The van der Waals surface area contributed by atoms with Gasteiger partial charge in [-0.1, -0.05) is 66.2 Å². The summed E-state index contributed by atoms with van der Waals surface area (Å²) in [6, 6.07) is 0. The third-order valence-corrected chi connectivity index (χ3v) is 10.2. The van der Waals surface area contributed by atoms with Crippen LogP contribution in [0.25, 0.3) is 0 Å². The van der Waals surface area contributed by atoms with E-state index >= 15 is 0 Å². The zero-order chi connectivity index (χ0) is 16.9. The molecular weight excluding hydrogens is 288 g/mol. The summed E-state index contributed by atoms with van der Waals surface area (Å²) in [7, 11) is 0. The van der Waals surface area contributed by atoms with Crippen molar-refractivity contribution in [3.8, 4) is 0 Å². The Balaban J connectivity index is 1.64. The van der Waals surface area contributed by atoms with Crippen LogP contribution in [0.3, 0.4) is 0 Å². The molecule has 0 aromatic heterocycles. The molecule has 0 heteroatoms. The van der Waals surface area contributed by atoms with Gasteiger partial charge in [0.15, 0.2) is 0 Å². The van der Waals surface area contributed by atoms with E-state index in [1.165, 1.54) is 51.4 Å². The lowest BCUT2D eigenvalue weighted by Crippen LogP contribution is -2.48. The lowest BCUT2D eigenvalue weighted by Gasteiger charge is -2.56. The van der Waals surface area contributed by atoms with Crippen molar-refractivity contribution in [3.63, 3.8) is 0 Å². The molecular formula is C24H42. The van der Waals surface area contributed by atoms with Crippen LogP contribution in [0, 0.1) is 46.3 Å². The van der Waals surface area contributed by atoms with Crippen LogP contribution in [0.5, 0.6) is 0 Å². The summed E-state index contributed by atoms with van der Waals surface area (Å²) in [5.41, 5.74) is 1.15. The molecule has 4 saturated carbocycles. The molecule has 0 spiro atoms. The molecule has 6 atom stereocenters. The topological polar surface area (TPSA) is 0 Å². The van der Waals surface area contributed by atoms with Crippen molar-refractivity contribution in [2.45, 2.75) is 105 Å². The number of hydrogen-bond donors (Lipinski definition) is 0. The van der Waals surface area contributed by atoms with Gasteiger partial charge in [0.1, 0.15) is 0 Å². The first kappa shape index (κ1) is 17.4. The van der Waals surface area contributed by atoms with Crippen LogP contribution < -0.4 is 0 Å². The fraction of sp³-hybridized carbons (Fsp3) is 1.00. The molecule has 0 aromatic rings. The lowest BCUT2D eigenvalue weighted by atomic mass is 9.49. The molecule has 6 unspecified atom stereocenters. The summed E-state index contributed by atoms with van der Waals surface area (Å²) in [6.07, 6.45) is 18.3. The molecule has 0 heterocycles. The SMILES string of the molecule is CC1C2CCCCC2C2C1CCCC2C(C)(C)C1(C)CCCCC1. The van der Waals surface area contributed by atoms with Crippen LogP contribution in [0.15, 0.2) is 0 Å². The molecule has 0 saturated heterocycles. The summed E-state index contributed by atoms with van der Waals surface area (Å²) < 4.78 is 0. The standard InChI is InChI=1S/C24H42/c1-17-18-11-6-7-12-20(18)22-19(17)13-10-14-21(22)23(2,3)24(4)15-8-5-9-16-24/h17-22H,5-16H2,1-4H3. The van der Waals surface area contributed by atoms with Crippen LogP contribution in [-0.2, 0) is 0 Å². The molecule has 0 nitrogen and oxygen atoms in total. The third kappa shape index (κ3) is 2.52. The van der Waals surface area contributed by atoms with Gasteiger partial charge < -0.3 is 0 Å². The maximum absolute atomic E-state index is 2.70. The van der Waals surface area contributed by atoms with Crippen LogP contribution in [0.4, 0.5) is 0 Å². The van der Waals surface area contributed by atoms with Crippen LogP contribution in [-0.4, -0.2) is 0 Å². The molecule has 0 N–H and O–H groups in total. The minimum atomic E-state index is 0.544. The van der Waals surface area contributed by atoms with E-state index in [1.54, 1.807) is 25.7 Å². The van der Waals surface area contributed by atoms with Gasteiger partial charge in [0, 0.05) is 0 Å². The van der Waals surface area contributed by atoms with E-state index < -0.39 is 0 Å². The Kier molecular flexibility index (Phi) is 4.58. The molecule has 24 heavy (non-hydrogen) atoms. The zero-order valence-electron chi connectivity index (χ0n) is 16.9. The first-order valence-electron chi connectivity index (χ1n) is 11.5. The molecule has 138 valence electrons. The molecule has 4 rings (SSSR count). The first-order valence-corrected chi connectivity index (χ1v) is 11.5. The van der Waals surface area contributed by atoms with Gasteiger partial charge in [-0.3, -0.25) is 0 Å². The van der Waals surface area contributed by atoms with Crippen LogP contribution >= 0.6 is 0 Å². The Morgan fingerprint density at radius 2 is 1.33 bits per heavy atom. The van der Waals surface area contributed by atoms with E-state index in [1.807, 2.05) is 0 Å². The Bertz CT molecular complexity index is 441. The maximum Gasteiger partial charge on any atom is -0.0269 e. The highest BCUT2D eigenvalue weighted by Crippen LogP contribution is 2.65. The van der Waals surface area contributed by atoms with Gasteiger partial charge in [-0.2, -0.15) is 0 Å². The van der Waals surface area contributed by atoms with E-state index in [0.29, 0.717) is 10.8 Å². The second-order valence-electron chi connectivity index (χ2n) is 11.1. The highest BCUT2D eigenvalue weighted by atomic mass is 14.6. The van der Waals surface area contributed by atoms with Gasteiger partial charge >= 0.3 is 0 Å². The number of rotatable bonds is 2. The average molecular weight is 331 g/mol. The van der Waals surface area contributed by atoms with Crippen molar-refractivity contribution in [1.82, 2.24) is 0 Å². The number of hydrogen-bond acceptors (Lipinski definition) is 0. The van der Waals surface area contributed by atoms with Gasteiger partial charge in [-0.15, -0.1) is 0 Å². The molecule has 4 fully saturated rings. The van der Waals surface area contributed by atoms with Crippen LogP contribution in [0.1, 0.15) is 105 Å². The maximum atomic E-state index is 2.70. The lowest BCUT2D eigenvalue weighted by molar-refractivity contribution is -0.0695. The highest BCUT2D eigenvalue weighted by molar-refractivity contribution is 5.06. The quantitative estimate of drug-likeness (QED) is 0.492. The van der Waals surface area contributed by atoms with E-state index in [4.69, 9.17) is 0 Å². The van der Waals surface area contributed by atoms with Gasteiger partial charge in [0.05, 0.1) is 0 Å². The molecule has 0 bridgehead atoms. The fourth-order valence-corrected chi connectivity index (χ4v) is 8.39. The second kappa shape index (κ2) is 6.31. The van der Waals surface area contributed by atoms with Crippen molar-refractivity contribution in [1.29, 1.82) is 0 Å². The molecule has 4 aliphatic rings. The predicted octanol–water partition coefficient (Wildman–Crippen LogP) is 7.47. The highest BCUT2D eigenvalue weighted by Gasteiger charge is 2.58. The van der Waals surface area contributed by atoms with Gasteiger partial charge in [0.25, 0.3) is 0 Å². The summed E-state index contributed by atoms with van der Waals surface area (Å²) in [6.45, 7) is 10.7. The van der Waals surface area contributed by atoms with Gasteiger partial charge in [0.2, 0.25) is 0 Å². The van der Waals surface area contributed by atoms with Crippen molar-refractivity contribution in [2.24, 2.45) is 46.3 Å². The van der Waals surface area contributed by atoms with Gasteiger partial charge in [-0.05, 0) is 84.9 Å². The minimum absolute atomic E-state index is 0.544. The monoisotopic (exact) mass is 330 g/mol. The summed E-state index contributed by atoms with van der Waals surface area (Å²) >= 11 is 0. The van der Waals surface area contributed by atoms with E-state index in [0.717, 1.165) is 35.5 Å². The Hall–Kier alpha value is 0. The Labute approximate surface area is 151 Å². The molecule has 0 amide bonds. The van der Waals surface area contributed by atoms with Gasteiger partial charge in [-0.25, -0.2) is 0 Å². The molecule has 0 radical (unpaired) electrons. The van der Waals surface area contributed by atoms with E-state index in [-0.39, 0.29) is 0 Å². The van der Waals surface area contributed by atoms with Crippen molar-refractivity contribution < 1.29 is 0 Å². The normalized spacial score (nSPS) is 45.5.